The minimum Gasteiger partial charge on any atom is -0.493 e. The number of benzene rings is 2. The van der Waals surface area contributed by atoms with E-state index in [1.54, 1.807) is 38.5 Å². The van der Waals surface area contributed by atoms with E-state index in [1.165, 1.54) is 11.9 Å². The van der Waals surface area contributed by atoms with Gasteiger partial charge in [-0.3, -0.25) is 4.79 Å². The molecule has 3 rings (SSSR count). The van der Waals surface area contributed by atoms with E-state index in [0.717, 1.165) is 5.56 Å². The Bertz CT molecular complexity index is 958. The van der Waals surface area contributed by atoms with Crippen molar-refractivity contribution in [1.82, 2.24) is 9.97 Å². The molecule has 1 heterocycles. The van der Waals surface area contributed by atoms with Crippen LogP contribution in [0.15, 0.2) is 54.9 Å². The maximum Gasteiger partial charge on any atom is 0.274 e. The highest BCUT2D eigenvalue weighted by Gasteiger charge is 2.11. The van der Waals surface area contributed by atoms with E-state index >= 15 is 0 Å². The number of carbonyl (C=O) groups is 1. The van der Waals surface area contributed by atoms with Crippen molar-refractivity contribution < 1.29 is 14.3 Å². The quantitative estimate of drug-likeness (QED) is 0.653. The van der Waals surface area contributed by atoms with Crippen LogP contribution in [0.25, 0.3) is 0 Å². The Labute approximate surface area is 163 Å². The van der Waals surface area contributed by atoms with Crippen molar-refractivity contribution in [2.45, 2.75) is 13.5 Å². The molecule has 0 bridgehead atoms. The van der Waals surface area contributed by atoms with Crippen LogP contribution in [0.4, 0.5) is 11.5 Å². The molecule has 0 atom stereocenters. The van der Waals surface area contributed by atoms with Crippen molar-refractivity contribution in [3.63, 3.8) is 0 Å². The molecule has 28 heavy (non-hydrogen) atoms. The largest absolute Gasteiger partial charge is 0.493 e. The van der Waals surface area contributed by atoms with Crippen LogP contribution in [0.1, 0.15) is 21.6 Å². The van der Waals surface area contributed by atoms with Gasteiger partial charge in [-0.1, -0.05) is 29.8 Å². The number of anilines is 2. The van der Waals surface area contributed by atoms with Crippen molar-refractivity contribution in [3.05, 3.63) is 71.7 Å². The van der Waals surface area contributed by atoms with Crippen LogP contribution >= 0.6 is 0 Å². The molecular formula is C21H22N4O3. The minimum atomic E-state index is -0.340. The lowest BCUT2D eigenvalue weighted by molar-refractivity contribution is 0.102. The van der Waals surface area contributed by atoms with Gasteiger partial charge in [0.05, 0.1) is 14.2 Å². The molecule has 0 saturated carbocycles. The number of rotatable bonds is 7. The molecule has 0 fully saturated rings. The summed E-state index contributed by atoms with van der Waals surface area (Å²) in [4.78, 5) is 20.8. The zero-order valence-corrected chi connectivity index (χ0v) is 16.0. The maximum absolute atomic E-state index is 12.5. The zero-order chi connectivity index (χ0) is 19.9. The Morgan fingerprint density at radius 3 is 2.43 bits per heavy atom. The number of hydrogen-bond donors (Lipinski definition) is 2. The maximum atomic E-state index is 12.5. The number of hydrogen-bond acceptors (Lipinski definition) is 6. The van der Waals surface area contributed by atoms with Gasteiger partial charge in [-0.25, -0.2) is 9.97 Å². The van der Waals surface area contributed by atoms with Gasteiger partial charge in [0.2, 0.25) is 0 Å². The summed E-state index contributed by atoms with van der Waals surface area (Å²) in [5, 5.41) is 6.00. The number of nitrogens with one attached hydrogen (secondary N) is 2. The van der Waals surface area contributed by atoms with E-state index in [9.17, 15) is 4.79 Å². The summed E-state index contributed by atoms with van der Waals surface area (Å²) in [7, 11) is 3.10. The third kappa shape index (κ3) is 4.76. The lowest BCUT2D eigenvalue weighted by Crippen LogP contribution is -2.14. The first-order chi connectivity index (χ1) is 13.6. The number of amides is 1. The van der Waals surface area contributed by atoms with Gasteiger partial charge in [-0.2, -0.15) is 0 Å². The molecular weight excluding hydrogens is 356 g/mol. The Kier molecular flexibility index (Phi) is 6.06. The Morgan fingerprint density at radius 2 is 1.71 bits per heavy atom. The number of methoxy groups -OCH3 is 2. The summed E-state index contributed by atoms with van der Waals surface area (Å²) in [5.74, 6) is 1.36. The molecule has 1 aromatic heterocycles. The van der Waals surface area contributed by atoms with E-state index in [2.05, 4.69) is 32.7 Å². The van der Waals surface area contributed by atoms with Crippen molar-refractivity contribution in [3.8, 4) is 11.5 Å². The van der Waals surface area contributed by atoms with Gasteiger partial charge < -0.3 is 20.1 Å². The average Bonchev–Trinajstić information content (AvgIpc) is 2.73. The summed E-state index contributed by atoms with van der Waals surface area (Å²) in [6.07, 6.45) is 1.36. The van der Waals surface area contributed by atoms with E-state index in [0.29, 0.717) is 29.5 Å². The third-order valence-corrected chi connectivity index (χ3v) is 4.14. The Balaban J connectivity index is 1.67. The molecule has 1 amide bonds. The fourth-order valence-corrected chi connectivity index (χ4v) is 2.59. The van der Waals surface area contributed by atoms with Crippen molar-refractivity contribution >= 4 is 17.4 Å². The van der Waals surface area contributed by atoms with E-state index in [4.69, 9.17) is 9.47 Å². The van der Waals surface area contributed by atoms with Crippen LogP contribution in [0, 0.1) is 6.92 Å². The molecule has 2 N–H and O–H groups in total. The number of aromatic nitrogens is 2. The topological polar surface area (TPSA) is 85.4 Å². The van der Waals surface area contributed by atoms with E-state index in [-0.39, 0.29) is 11.6 Å². The fourth-order valence-electron chi connectivity index (χ4n) is 2.59. The minimum absolute atomic E-state index is 0.260. The van der Waals surface area contributed by atoms with Crippen LogP contribution in [0.3, 0.4) is 0 Å². The molecule has 0 saturated heterocycles. The summed E-state index contributed by atoms with van der Waals surface area (Å²) in [6, 6.07) is 15.0. The number of ether oxygens (including phenoxy) is 2. The van der Waals surface area contributed by atoms with Gasteiger partial charge in [0.15, 0.2) is 11.5 Å². The molecule has 0 radical (unpaired) electrons. The van der Waals surface area contributed by atoms with Gasteiger partial charge in [0.1, 0.15) is 17.8 Å². The third-order valence-electron chi connectivity index (χ3n) is 4.14. The predicted molar refractivity (Wildman–Crippen MR) is 108 cm³/mol. The normalized spacial score (nSPS) is 10.2. The highest BCUT2D eigenvalue weighted by molar-refractivity contribution is 6.03. The highest BCUT2D eigenvalue weighted by Crippen LogP contribution is 2.29. The Morgan fingerprint density at radius 1 is 0.964 bits per heavy atom. The van der Waals surface area contributed by atoms with Crippen LogP contribution < -0.4 is 20.1 Å². The standard InChI is InChI=1S/C21H22N4O3/c1-14-4-6-15(7-5-14)12-22-20-11-17(23-13-24-20)21(26)25-16-8-9-18(27-2)19(10-16)28-3/h4-11,13H,12H2,1-3H3,(H,25,26)(H,22,23,24). The van der Waals surface area contributed by atoms with Gasteiger partial charge in [-0.15, -0.1) is 0 Å². The van der Waals surface area contributed by atoms with Gasteiger partial charge in [0.25, 0.3) is 5.91 Å². The number of aryl methyl sites for hydroxylation is 1. The highest BCUT2D eigenvalue weighted by atomic mass is 16.5. The molecule has 2 aromatic carbocycles. The van der Waals surface area contributed by atoms with Crippen LogP contribution in [0.2, 0.25) is 0 Å². The number of carbonyl (C=O) groups excluding carboxylic acids is 1. The first kappa shape index (κ1) is 19.2. The van der Waals surface area contributed by atoms with Crippen molar-refractivity contribution in [2.75, 3.05) is 24.9 Å². The monoisotopic (exact) mass is 378 g/mol. The predicted octanol–water partition coefficient (Wildman–Crippen LogP) is 3.67. The summed E-state index contributed by atoms with van der Waals surface area (Å²) < 4.78 is 10.5. The van der Waals surface area contributed by atoms with E-state index in [1.807, 2.05) is 19.1 Å². The van der Waals surface area contributed by atoms with Crippen molar-refractivity contribution in [2.24, 2.45) is 0 Å². The Hall–Kier alpha value is -3.61. The lowest BCUT2D eigenvalue weighted by Gasteiger charge is -2.11. The van der Waals surface area contributed by atoms with Crippen LogP contribution in [0.5, 0.6) is 11.5 Å². The molecule has 7 heteroatoms. The molecule has 0 spiro atoms. The van der Waals surface area contributed by atoms with E-state index < -0.39 is 0 Å². The second-order valence-electron chi connectivity index (χ2n) is 6.15. The van der Waals surface area contributed by atoms with Gasteiger partial charge >= 0.3 is 0 Å². The second kappa shape index (κ2) is 8.85. The molecule has 0 unspecified atom stereocenters. The molecule has 0 aliphatic carbocycles. The van der Waals surface area contributed by atoms with Crippen LogP contribution in [-0.4, -0.2) is 30.1 Å². The SMILES string of the molecule is COc1ccc(NC(=O)c2cc(NCc3ccc(C)cc3)ncn2)cc1OC. The first-order valence-electron chi connectivity index (χ1n) is 8.74. The summed E-state index contributed by atoms with van der Waals surface area (Å²) in [5.41, 5.74) is 3.17. The molecule has 3 aromatic rings. The summed E-state index contributed by atoms with van der Waals surface area (Å²) >= 11 is 0. The molecule has 0 aliphatic heterocycles. The fraction of sp³-hybridized carbons (Fsp3) is 0.190. The average molecular weight is 378 g/mol. The lowest BCUT2D eigenvalue weighted by atomic mass is 10.1. The van der Waals surface area contributed by atoms with Crippen molar-refractivity contribution in [1.29, 1.82) is 0 Å². The smallest absolute Gasteiger partial charge is 0.274 e. The van der Waals surface area contributed by atoms with Gasteiger partial charge in [0, 0.05) is 24.4 Å². The molecule has 144 valence electrons. The summed E-state index contributed by atoms with van der Waals surface area (Å²) in [6.45, 7) is 2.65. The molecule has 0 aliphatic rings. The second-order valence-corrected chi connectivity index (χ2v) is 6.15. The number of nitrogens with zero attached hydrogens (tertiary/aromatic N) is 2. The first-order valence-corrected chi connectivity index (χ1v) is 8.74. The zero-order valence-electron chi connectivity index (χ0n) is 16.0. The van der Waals surface area contributed by atoms with Crippen LogP contribution in [-0.2, 0) is 6.54 Å². The van der Waals surface area contributed by atoms with Gasteiger partial charge in [-0.05, 0) is 24.6 Å². The molecule has 7 nitrogen and oxygen atoms in total.